The van der Waals surface area contributed by atoms with Crippen LogP contribution in [0.2, 0.25) is 0 Å². The Balaban J connectivity index is 2.19. The summed E-state index contributed by atoms with van der Waals surface area (Å²) in [5.41, 5.74) is 0.815. The standard InChI is InChI=1S/C15H21NO2S/c1-4-19-14-8-6-5-7-13(14)15(17)16-9-11(2)18-12(3)10-16/h5-8,11-12H,4,9-10H2,1-3H3/t11-,12-/m1/s1. The second kappa shape index (κ2) is 6.44. The fraction of sp³-hybridized carbons (Fsp3) is 0.533. The minimum atomic E-state index is 0.110. The molecule has 4 heteroatoms. The molecule has 0 N–H and O–H groups in total. The second-order valence-corrected chi connectivity index (χ2v) is 6.20. The molecule has 0 spiro atoms. The Morgan fingerprint density at radius 2 is 1.95 bits per heavy atom. The third-order valence-corrected chi connectivity index (χ3v) is 4.08. The maximum absolute atomic E-state index is 12.6. The van der Waals surface area contributed by atoms with Crippen molar-refractivity contribution >= 4 is 17.7 Å². The van der Waals surface area contributed by atoms with Crippen molar-refractivity contribution in [2.24, 2.45) is 0 Å². The Labute approximate surface area is 119 Å². The highest BCUT2D eigenvalue weighted by atomic mass is 32.2. The Morgan fingerprint density at radius 1 is 1.32 bits per heavy atom. The van der Waals surface area contributed by atoms with Gasteiger partial charge >= 0.3 is 0 Å². The number of hydrogen-bond acceptors (Lipinski definition) is 3. The first-order chi connectivity index (χ1) is 9.11. The van der Waals surface area contributed by atoms with E-state index in [1.807, 2.05) is 43.0 Å². The number of ether oxygens (including phenoxy) is 1. The molecular formula is C15H21NO2S. The van der Waals surface area contributed by atoms with E-state index in [1.54, 1.807) is 11.8 Å². The first-order valence-electron chi connectivity index (χ1n) is 6.78. The van der Waals surface area contributed by atoms with Gasteiger partial charge in [0.2, 0.25) is 0 Å². The van der Waals surface area contributed by atoms with Gasteiger partial charge in [-0.15, -0.1) is 11.8 Å². The van der Waals surface area contributed by atoms with E-state index in [1.165, 1.54) is 0 Å². The predicted octanol–water partition coefficient (Wildman–Crippen LogP) is 3.05. The molecule has 1 aromatic rings. The van der Waals surface area contributed by atoms with Crippen LogP contribution in [-0.4, -0.2) is 41.9 Å². The van der Waals surface area contributed by atoms with Crippen molar-refractivity contribution in [2.75, 3.05) is 18.8 Å². The van der Waals surface area contributed by atoms with Gasteiger partial charge in [-0.1, -0.05) is 19.1 Å². The SMILES string of the molecule is CCSc1ccccc1C(=O)N1C[C@@H](C)O[C@H](C)C1. The molecule has 1 aromatic carbocycles. The molecule has 2 atom stereocenters. The lowest BCUT2D eigenvalue weighted by Crippen LogP contribution is -2.48. The van der Waals surface area contributed by atoms with Crippen LogP contribution in [0.5, 0.6) is 0 Å². The molecule has 3 nitrogen and oxygen atoms in total. The zero-order valence-corrected chi connectivity index (χ0v) is 12.6. The molecule has 0 radical (unpaired) electrons. The average Bonchev–Trinajstić information content (AvgIpc) is 2.38. The van der Waals surface area contributed by atoms with Crippen LogP contribution in [0.1, 0.15) is 31.1 Å². The Bertz CT molecular complexity index is 440. The largest absolute Gasteiger partial charge is 0.372 e. The molecule has 1 aliphatic rings. The highest BCUT2D eigenvalue weighted by molar-refractivity contribution is 7.99. The molecule has 1 fully saturated rings. The van der Waals surface area contributed by atoms with Crippen LogP contribution in [0.15, 0.2) is 29.2 Å². The van der Waals surface area contributed by atoms with Crippen LogP contribution >= 0.6 is 11.8 Å². The van der Waals surface area contributed by atoms with Crippen molar-refractivity contribution < 1.29 is 9.53 Å². The lowest BCUT2D eigenvalue weighted by Gasteiger charge is -2.35. The van der Waals surface area contributed by atoms with Crippen LogP contribution in [0.25, 0.3) is 0 Å². The Hall–Kier alpha value is -1.00. The van der Waals surface area contributed by atoms with Gasteiger partial charge in [0.05, 0.1) is 17.8 Å². The third-order valence-electron chi connectivity index (χ3n) is 3.12. The Kier molecular flexibility index (Phi) is 4.88. The third kappa shape index (κ3) is 3.51. The van der Waals surface area contributed by atoms with Gasteiger partial charge in [-0.2, -0.15) is 0 Å². The van der Waals surface area contributed by atoms with Gasteiger partial charge in [0.25, 0.3) is 5.91 Å². The molecule has 0 aromatic heterocycles. The summed E-state index contributed by atoms with van der Waals surface area (Å²) >= 11 is 1.72. The predicted molar refractivity (Wildman–Crippen MR) is 78.8 cm³/mol. The van der Waals surface area contributed by atoms with Crippen LogP contribution in [0.3, 0.4) is 0 Å². The molecule has 0 unspecified atom stereocenters. The molecule has 1 aliphatic heterocycles. The zero-order chi connectivity index (χ0) is 13.8. The van der Waals surface area contributed by atoms with Gasteiger partial charge in [-0.3, -0.25) is 4.79 Å². The van der Waals surface area contributed by atoms with Crippen LogP contribution in [0, 0.1) is 0 Å². The van der Waals surface area contributed by atoms with Gasteiger partial charge in [0.1, 0.15) is 0 Å². The number of carbonyl (C=O) groups excluding carboxylic acids is 1. The van der Waals surface area contributed by atoms with Gasteiger partial charge in [0.15, 0.2) is 0 Å². The van der Waals surface area contributed by atoms with E-state index in [0.29, 0.717) is 13.1 Å². The van der Waals surface area contributed by atoms with E-state index in [-0.39, 0.29) is 18.1 Å². The second-order valence-electron chi connectivity index (χ2n) is 4.90. The average molecular weight is 279 g/mol. The minimum absolute atomic E-state index is 0.110. The molecule has 1 heterocycles. The van der Waals surface area contributed by atoms with Crippen LogP contribution in [-0.2, 0) is 4.74 Å². The van der Waals surface area contributed by atoms with E-state index in [2.05, 4.69) is 6.92 Å². The maximum Gasteiger partial charge on any atom is 0.255 e. The number of carbonyl (C=O) groups is 1. The van der Waals surface area contributed by atoms with Crippen molar-refractivity contribution in [3.05, 3.63) is 29.8 Å². The molecular weight excluding hydrogens is 258 g/mol. The maximum atomic E-state index is 12.6. The van der Waals surface area contributed by atoms with Gasteiger partial charge in [0, 0.05) is 18.0 Å². The summed E-state index contributed by atoms with van der Waals surface area (Å²) in [5.74, 6) is 1.10. The highest BCUT2D eigenvalue weighted by Gasteiger charge is 2.27. The van der Waals surface area contributed by atoms with E-state index in [4.69, 9.17) is 4.74 Å². The van der Waals surface area contributed by atoms with E-state index < -0.39 is 0 Å². The van der Waals surface area contributed by atoms with Crippen molar-refractivity contribution in [2.45, 2.75) is 37.9 Å². The van der Waals surface area contributed by atoms with Crippen LogP contribution < -0.4 is 0 Å². The zero-order valence-electron chi connectivity index (χ0n) is 11.8. The van der Waals surface area contributed by atoms with E-state index in [0.717, 1.165) is 16.2 Å². The summed E-state index contributed by atoms with van der Waals surface area (Å²) < 4.78 is 5.68. The summed E-state index contributed by atoms with van der Waals surface area (Å²) in [7, 11) is 0. The number of hydrogen-bond donors (Lipinski definition) is 0. The fourth-order valence-electron chi connectivity index (χ4n) is 2.44. The van der Waals surface area contributed by atoms with E-state index >= 15 is 0 Å². The minimum Gasteiger partial charge on any atom is -0.372 e. The van der Waals surface area contributed by atoms with Crippen molar-refractivity contribution in [3.63, 3.8) is 0 Å². The number of benzene rings is 1. The normalized spacial score (nSPS) is 23.4. The molecule has 19 heavy (non-hydrogen) atoms. The molecule has 0 saturated carbocycles. The van der Waals surface area contributed by atoms with Crippen molar-refractivity contribution in [1.29, 1.82) is 0 Å². The number of morpholine rings is 1. The van der Waals surface area contributed by atoms with Gasteiger partial charge in [-0.05, 0) is 31.7 Å². The summed E-state index contributed by atoms with van der Waals surface area (Å²) in [6, 6.07) is 7.86. The topological polar surface area (TPSA) is 29.5 Å². The van der Waals surface area contributed by atoms with Gasteiger partial charge in [-0.25, -0.2) is 0 Å². The lowest BCUT2D eigenvalue weighted by molar-refractivity contribution is -0.0586. The molecule has 0 bridgehead atoms. The molecule has 1 amide bonds. The van der Waals surface area contributed by atoms with Crippen LogP contribution in [0.4, 0.5) is 0 Å². The molecule has 1 saturated heterocycles. The summed E-state index contributed by atoms with van der Waals surface area (Å²) in [5, 5.41) is 0. The number of nitrogens with zero attached hydrogens (tertiary/aromatic N) is 1. The highest BCUT2D eigenvalue weighted by Crippen LogP contribution is 2.24. The first-order valence-corrected chi connectivity index (χ1v) is 7.77. The number of amides is 1. The molecule has 104 valence electrons. The number of thioether (sulfide) groups is 1. The van der Waals surface area contributed by atoms with Gasteiger partial charge < -0.3 is 9.64 Å². The number of rotatable bonds is 3. The summed E-state index contributed by atoms with van der Waals surface area (Å²) in [6.07, 6.45) is 0.220. The monoisotopic (exact) mass is 279 g/mol. The summed E-state index contributed by atoms with van der Waals surface area (Å²) in [4.78, 5) is 15.6. The fourth-order valence-corrected chi connectivity index (χ4v) is 3.24. The Morgan fingerprint density at radius 3 is 2.58 bits per heavy atom. The van der Waals surface area contributed by atoms with Crippen molar-refractivity contribution in [3.8, 4) is 0 Å². The lowest BCUT2D eigenvalue weighted by atomic mass is 10.1. The van der Waals surface area contributed by atoms with E-state index in [9.17, 15) is 4.79 Å². The molecule has 2 rings (SSSR count). The smallest absolute Gasteiger partial charge is 0.255 e. The van der Waals surface area contributed by atoms with Crippen molar-refractivity contribution in [1.82, 2.24) is 4.90 Å². The quantitative estimate of drug-likeness (QED) is 0.796. The summed E-state index contributed by atoms with van der Waals surface area (Å²) in [6.45, 7) is 7.48. The first kappa shape index (κ1) is 14.4. The molecule has 0 aliphatic carbocycles.